The highest BCUT2D eigenvalue weighted by Gasteiger charge is 2.13. The minimum atomic E-state index is -0.376. The Bertz CT molecular complexity index is 404. The average molecular weight is 254 g/mol. The van der Waals surface area contributed by atoms with Gasteiger partial charge in [0.05, 0.1) is 5.56 Å². The molecule has 0 bridgehead atoms. The molecule has 0 radical (unpaired) electrons. The van der Waals surface area contributed by atoms with Gasteiger partial charge in [0.2, 0.25) is 0 Å². The summed E-state index contributed by atoms with van der Waals surface area (Å²) < 4.78 is 13.6. The minimum absolute atomic E-state index is 0.0855. The van der Waals surface area contributed by atoms with Gasteiger partial charge >= 0.3 is 0 Å². The minimum Gasteiger partial charge on any atom is -0.389 e. The highest BCUT2D eigenvalue weighted by molar-refractivity contribution is 7.80. The molecule has 17 heavy (non-hydrogen) atoms. The number of rotatable bonds is 5. The van der Waals surface area contributed by atoms with Crippen molar-refractivity contribution in [2.45, 2.75) is 33.2 Å². The molecule has 1 aromatic rings. The van der Waals surface area contributed by atoms with Crippen LogP contribution in [0.5, 0.6) is 0 Å². The summed E-state index contributed by atoms with van der Waals surface area (Å²) in [4.78, 5) is 0.0855. The maximum atomic E-state index is 13.6. The molecule has 2 nitrogen and oxygen atoms in total. The third-order valence-electron chi connectivity index (χ3n) is 2.49. The fraction of sp³-hybridized carbons (Fsp3) is 0.462. The lowest BCUT2D eigenvalue weighted by Crippen LogP contribution is -2.21. The fourth-order valence-electron chi connectivity index (χ4n) is 1.93. The predicted molar refractivity (Wildman–Crippen MR) is 74.8 cm³/mol. The van der Waals surface area contributed by atoms with E-state index in [0.717, 1.165) is 6.42 Å². The van der Waals surface area contributed by atoms with E-state index < -0.39 is 0 Å². The monoisotopic (exact) mass is 254 g/mol. The Balaban J connectivity index is 2.91. The number of hydrogen-bond acceptors (Lipinski definition) is 2. The van der Waals surface area contributed by atoms with E-state index >= 15 is 0 Å². The van der Waals surface area contributed by atoms with Crippen LogP contribution in [0.25, 0.3) is 0 Å². The number of nitrogens with two attached hydrogens (primary N) is 1. The summed E-state index contributed by atoms with van der Waals surface area (Å²) in [6, 6.07) is 5.08. The number of nitrogens with one attached hydrogen (secondary N) is 1. The van der Waals surface area contributed by atoms with E-state index in [9.17, 15) is 4.39 Å². The quantitative estimate of drug-likeness (QED) is 0.792. The van der Waals surface area contributed by atoms with Crippen molar-refractivity contribution in [3.8, 4) is 0 Å². The molecule has 1 aromatic carbocycles. The number of anilines is 1. The highest BCUT2D eigenvalue weighted by Crippen LogP contribution is 2.21. The third-order valence-corrected chi connectivity index (χ3v) is 2.69. The van der Waals surface area contributed by atoms with Crippen molar-refractivity contribution < 1.29 is 4.39 Å². The molecule has 0 aromatic heterocycles. The zero-order valence-corrected chi connectivity index (χ0v) is 11.3. The van der Waals surface area contributed by atoms with Crippen LogP contribution in [0.15, 0.2) is 18.2 Å². The summed E-state index contributed by atoms with van der Waals surface area (Å²) >= 11 is 4.88. The average Bonchev–Trinajstić information content (AvgIpc) is 2.15. The fourth-order valence-corrected chi connectivity index (χ4v) is 2.13. The van der Waals surface area contributed by atoms with Crippen LogP contribution >= 0.6 is 12.2 Å². The Morgan fingerprint density at radius 1 is 1.41 bits per heavy atom. The molecule has 0 fully saturated rings. The number of halogens is 1. The number of hydrogen-bond donors (Lipinski definition) is 2. The SMILES string of the molecule is CC(C)CC(C)Nc1cccc(F)c1C(N)=S. The lowest BCUT2D eigenvalue weighted by atomic mass is 10.0. The highest BCUT2D eigenvalue weighted by atomic mass is 32.1. The van der Waals surface area contributed by atoms with Crippen LogP contribution in [0.2, 0.25) is 0 Å². The second kappa shape index (κ2) is 5.96. The molecule has 0 aliphatic rings. The normalized spacial score (nSPS) is 12.5. The van der Waals surface area contributed by atoms with Crippen molar-refractivity contribution in [3.63, 3.8) is 0 Å². The van der Waals surface area contributed by atoms with Crippen LogP contribution in [-0.4, -0.2) is 11.0 Å². The smallest absolute Gasteiger partial charge is 0.135 e. The molecule has 0 saturated heterocycles. The molecule has 0 saturated carbocycles. The summed E-state index contributed by atoms with van der Waals surface area (Å²) in [6.45, 7) is 6.37. The van der Waals surface area contributed by atoms with E-state index in [-0.39, 0.29) is 16.8 Å². The van der Waals surface area contributed by atoms with Crippen molar-refractivity contribution in [1.82, 2.24) is 0 Å². The molecule has 1 rings (SSSR count). The Labute approximate surface area is 107 Å². The van der Waals surface area contributed by atoms with Gasteiger partial charge in [0.25, 0.3) is 0 Å². The topological polar surface area (TPSA) is 38.0 Å². The van der Waals surface area contributed by atoms with Gasteiger partial charge in [-0.2, -0.15) is 0 Å². The van der Waals surface area contributed by atoms with E-state index in [2.05, 4.69) is 26.1 Å². The molecule has 0 aliphatic heterocycles. The van der Waals surface area contributed by atoms with E-state index in [4.69, 9.17) is 18.0 Å². The zero-order chi connectivity index (χ0) is 13.0. The van der Waals surface area contributed by atoms with Crippen LogP contribution in [-0.2, 0) is 0 Å². The molecule has 0 aliphatic carbocycles. The first kappa shape index (κ1) is 13.9. The van der Waals surface area contributed by atoms with Gasteiger partial charge in [-0.25, -0.2) is 4.39 Å². The maximum absolute atomic E-state index is 13.6. The molecule has 0 heterocycles. The second-order valence-electron chi connectivity index (χ2n) is 4.70. The Kier molecular flexibility index (Phi) is 4.87. The van der Waals surface area contributed by atoms with Gasteiger partial charge < -0.3 is 11.1 Å². The first-order valence-corrected chi connectivity index (χ1v) is 6.17. The molecule has 0 spiro atoms. The van der Waals surface area contributed by atoms with Crippen molar-refractivity contribution in [1.29, 1.82) is 0 Å². The second-order valence-corrected chi connectivity index (χ2v) is 5.14. The largest absolute Gasteiger partial charge is 0.389 e. The third kappa shape index (κ3) is 3.97. The molecule has 1 unspecified atom stereocenters. The summed E-state index contributed by atoms with van der Waals surface area (Å²) in [5, 5.41) is 3.26. The predicted octanol–water partition coefficient (Wildman–Crippen LogP) is 3.31. The van der Waals surface area contributed by atoms with Crippen LogP contribution in [0, 0.1) is 11.7 Å². The van der Waals surface area contributed by atoms with Gasteiger partial charge in [-0.1, -0.05) is 32.1 Å². The molecule has 0 amide bonds. The van der Waals surface area contributed by atoms with Crippen LogP contribution < -0.4 is 11.1 Å². The van der Waals surface area contributed by atoms with Gasteiger partial charge in [0.15, 0.2) is 0 Å². The molecule has 94 valence electrons. The Morgan fingerprint density at radius 2 is 2.06 bits per heavy atom. The molecule has 1 atom stereocenters. The van der Waals surface area contributed by atoms with Gasteiger partial charge in [0, 0.05) is 11.7 Å². The van der Waals surface area contributed by atoms with E-state index in [1.165, 1.54) is 6.07 Å². The summed E-state index contributed by atoms with van der Waals surface area (Å²) in [6.07, 6.45) is 1.01. The van der Waals surface area contributed by atoms with Crippen molar-refractivity contribution in [2.24, 2.45) is 11.7 Å². The first-order chi connectivity index (χ1) is 7.91. The van der Waals surface area contributed by atoms with Gasteiger partial charge in [-0.05, 0) is 31.4 Å². The van der Waals surface area contributed by atoms with E-state index in [0.29, 0.717) is 17.2 Å². The summed E-state index contributed by atoms with van der Waals surface area (Å²) in [7, 11) is 0. The standard InChI is InChI=1S/C13H19FN2S/c1-8(2)7-9(3)16-11-6-4-5-10(14)12(11)13(15)17/h4-6,8-9,16H,7H2,1-3H3,(H2,15,17). The molecular weight excluding hydrogens is 235 g/mol. The van der Waals surface area contributed by atoms with Crippen molar-refractivity contribution in [2.75, 3.05) is 5.32 Å². The van der Waals surface area contributed by atoms with Crippen molar-refractivity contribution in [3.05, 3.63) is 29.6 Å². The van der Waals surface area contributed by atoms with Gasteiger partial charge in [-0.3, -0.25) is 0 Å². The van der Waals surface area contributed by atoms with E-state index in [1.54, 1.807) is 12.1 Å². The lowest BCUT2D eigenvalue weighted by molar-refractivity contribution is 0.539. The lowest BCUT2D eigenvalue weighted by Gasteiger charge is -2.19. The van der Waals surface area contributed by atoms with Gasteiger partial charge in [0.1, 0.15) is 10.8 Å². The summed E-state index contributed by atoms with van der Waals surface area (Å²) in [5.41, 5.74) is 6.52. The summed E-state index contributed by atoms with van der Waals surface area (Å²) in [5.74, 6) is 0.207. The Hall–Kier alpha value is -1.16. The molecule has 4 heteroatoms. The first-order valence-electron chi connectivity index (χ1n) is 5.76. The number of thiocarbonyl (C=S) groups is 1. The van der Waals surface area contributed by atoms with Crippen molar-refractivity contribution >= 4 is 22.9 Å². The van der Waals surface area contributed by atoms with Crippen LogP contribution in [0.1, 0.15) is 32.8 Å². The molecule has 3 N–H and O–H groups in total. The van der Waals surface area contributed by atoms with Crippen LogP contribution in [0.4, 0.5) is 10.1 Å². The molecular formula is C13H19FN2S. The Morgan fingerprint density at radius 3 is 2.59 bits per heavy atom. The number of benzene rings is 1. The zero-order valence-electron chi connectivity index (χ0n) is 10.5. The van der Waals surface area contributed by atoms with E-state index in [1.807, 2.05) is 0 Å². The maximum Gasteiger partial charge on any atom is 0.135 e. The van der Waals surface area contributed by atoms with Gasteiger partial charge in [-0.15, -0.1) is 0 Å². The van der Waals surface area contributed by atoms with Crippen LogP contribution in [0.3, 0.4) is 0 Å².